The van der Waals surface area contributed by atoms with Crippen molar-refractivity contribution in [3.8, 4) is 0 Å². The third kappa shape index (κ3) is 3.85. The average molecular weight is 241 g/mol. The number of hydrogen-bond donors (Lipinski definition) is 1. The number of carbonyl (C=O) groups is 1. The van der Waals surface area contributed by atoms with E-state index >= 15 is 0 Å². The summed E-state index contributed by atoms with van der Waals surface area (Å²) in [7, 11) is 0. The fraction of sp³-hybridized carbons (Fsp3) is 0.111. The van der Waals surface area contributed by atoms with E-state index in [1.54, 1.807) is 0 Å². The van der Waals surface area contributed by atoms with Crippen LogP contribution in [0.5, 0.6) is 0 Å². The van der Waals surface area contributed by atoms with Crippen molar-refractivity contribution in [2.45, 2.75) is 6.92 Å². The molecule has 0 bridgehead atoms. The third-order valence-electron chi connectivity index (χ3n) is 1.26. The number of para-hydroxylation sites is 1. The molecule has 0 aromatic heterocycles. The van der Waals surface area contributed by atoms with Gasteiger partial charge in [0, 0.05) is 6.92 Å². The van der Waals surface area contributed by atoms with E-state index in [1.807, 2.05) is 30.3 Å². The number of halogens is 1. The van der Waals surface area contributed by atoms with Gasteiger partial charge in [-0.05, 0) is 28.1 Å². The lowest BCUT2D eigenvalue weighted by molar-refractivity contribution is -0.117. The van der Waals surface area contributed by atoms with Gasteiger partial charge in [0.2, 0.25) is 5.91 Å². The number of hydrogen-bond acceptors (Lipinski definition) is 2. The number of carbonyl (C=O) groups excluding carboxylic acids is 1. The van der Waals surface area contributed by atoms with Crippen LogP contribution in [-0.2, 0) is 4.79 Å². The summed E-state index contributed by atoms with van der Waals surface area (Å²) in [5.74, 6) is -0.147. The Labute approximate surface area is 85.0 Å². The Balaban J connectivity index is 2.71. The zero-order chi connectivity index (χ0) is 9.68. The number of aliphatic imine (C=N–C) groups is 1. The summed E-state index contributed by atoms with van der Waals surface area (Å²) in [5.41, 5.74) is 0.795. The summed E-state index contributed by atoms with van der Waals surface area (Å²) in [6.07, 6.45) is 0. The Hall–Kier alpha value is -1.16. The minimum atomic E-state index is -0.147. The molecule has 0 radical (unpaired) electrons. The zero-order valence-electron chi connectivity index (χ0n) is 7.12. The van der Waals surface area contributed by atoms with E-state index in [1.165, 1.54) is 6.92 Å². The number of nitrogens with zero attached hydrogens (tertiary/aromatic N) is 1. The molecule has 0 aliphatic heterocycles. The Bertz CT molecular complexity index is 322. The molecule has 0 heterocycles. The second kappa shape index (κ2) is 4.77. The van der Waals surface area contributed by atoms with Gasteiger partial charge in [-0.3, -0.25) is 4.79 Å². The maximum atomic E-state index is 10.6. The molecule has 4 heteroatoms. The number of nitrogens with one attached hydrogen (secondary N) is 1. The minimum absolute atomic E-state index is 0.147. The van der Waals surface area contributed by atoms with Crippen LogP contribution in [-0.4, -0.2) is 10.7 Å². The lowest BCUT2D eigenvalue weighted by Crippen LogP contribution is -2.22. The molecule has 1 aromatic rings. The van der Waals surface area contributed by atoms with Crippen LogP contribution in [0.2, 0.25) is 0 Å². The number of amidine groups is 1. The standard InChI is InChI=1S/C9H9BrN2O/c1-7(13)11-9(10)12-8-5-3-2-4-6-8/h2-6H,1H3,(H,11,12,13). The summed E-state index contributed by atoms with van der Waals surface area (Å²) < 4.78 is 0.422. The highest BCUT2D eigenvalue weighted by molar-refractivity contribution is 9.18. The molecule has 1 aromatic carbocycles. The normalized spacial score (nSPS) is 11.1. The van der Waals surface area contributed by atoms with Crippen LogP contribution in [0, 0.1) is 0 Å². The van der Waals surface area contributed by atoms with E-state index in [4.69, 9.17) is 0 Å². The Morgan fingerprint density at radius 2 is 2.00 bits per heavy atom. The highest BCUT2D eigenvalue weighted by atomic mass is 79.9. The van der Waals surface area contributed by atoms with E-state index in [0.29, 0.717) is 4.74 Å². The lowest BCUT2D eigenvalue weighted by Gasteiger charge is -1.97. The highest BCUT2D eigenvalue weighted by Gasteiger charge is 1.95. The summed E-state index contributed by atoms with van der Waals surface area (Å²) in [5, 5.41) is 2.52. The first-order valence-electron chi connectivity index (χ1n) is 3.75. The number of rotatable bonds is 1. The van der Waals surface area contributed by atoms with Crippen molar-refractivity contribution in [3.05, 3.63) is 30.3 Å². The van der Waals surface area contributed by atoms with Crippen LogP contribution in [0.25, 0.3) is 0 Å². The quantitative estimate of drug-likeness (QED) is 0.457. The maximum absolute atomic E-state index is 10.6. The number of benzene rings is 1. The highest BCUT2D eigenvalue weighted by Crippen LogP contribution is 2.10. The average Bonchev–Trinajstić information content (AvgIpc) is 2.04. The maximum Gasteiger partial charge on any atom is 0.222 e. The molecule has 13 heavy (non-hydrogen) atoms. The molecule has 1 rings (SSSR count). The van der Waals surface area contributed by atoms with E-state index < -0.39 is 0 Å². The van der Waals surface area contributed by atoms with Crippen LogP contribution in [0.15, 0.2) is 35.3 Å². The van der Waals surface area contributed by atoms with E-state index in [-0.39, 0.29) is 5.91 Å². The Morgan fingerprint density at radius 3 is 2.54 bits per heavy atom. The largest absolute Gasteiger partial charge is 0.305 e. The SMILES string of the molecule is CC(=O)NC(Br)=Nc1ccccc1. The van der Waals surface area contributed by atoms with Crippen molar-refractivity contribution in [3.63, 3.8) is 0 Å². The smallest absolute Gasteiger partial charge is 0.222 e. The molecule has 0 saturated carbocycles. The Kier molecular flexibility index (Phi) is 3.64. The van der Waals surface area contributed by atoms with Crippen LogP contribution in [0.4, 0.5) is 5.69 Å². The molecule has 0 saturated heterocycles. The van der Waals surface area contributed by atoms with Crippen molar-refractivity contribution in [1.82, 2.24) is 5.32 Å². The van der Waals surface area contributed by atoms with Gasteiger partial charge < -0.3 is 5.32 Å². The first-order chi connectivity index (χ1) is 6.18. The molecule has 0 atom stereocenters. The molecule has 0 aliphatic carbocycles. The molecule has 0 spiro atoms. The van der Waals surface area contributed by atoms with Crippen LogP contribution >= 0.6 is 15.9 Å². The lowest BCUT2D eigenvalue weighted by atomic mass is 10.3. The van der Waals surface area contributed by atoms with E-state index in [9.17, 15) is 4.79 Å². The summed E-state index contributed by atoms with van der Waals surface area (Å²) in [6.45, 7) is 1.43. The molecule has 3 nitrogen and oxygen atoms in total. The van der Waals surface area contributed by atoms with Gasteiger partial charge in [-0.2, -0.15) is 0 Å². The third-order valence-corrected chi connectivity index (χ3v) is 1.64. The van der Waals surface area contributed by atoms with Gasteiger partial charge in [0.25, 0.3) is 0 Å². The second-order valence-corrected chi connectivity index (χ2v) is 3.17. The molecule has 1 amide bonds. The first-order valence-corrected chi connectivity index (χ1v) is 4.54. The van der Waals surface area contributed by atoms with Gasteiger partial charge in [-0.1, -0.05) is 18.2 Å². The molecular formula is C9H9BrN2O. The van der Waals surface area contributed by atoms with Crippen molar-refractivity contribution < 1.29 is 4.79 Å². The molecule has 1 N–H and O–H groups in total. The van der Waals surface area contributed by atoms with Gasteiger partial charge in [0.1, 0.15) is 0 Å². The summed E-state index contributed by atoms with van der Waals surface area (Å²) >= 11 is 3.13. The molecular weight excluding hydrogens is 232 g/mol. The van der Waals surface area contributed by atoms with E-state index in [0.717, 1.165) is 5.69 Å². The van der Waals surface area contributed by atoms with Crippen LogP contribution in [0.3, 0.4) is 0 Å². The topological polar surface area (TPSA) is 41.5 Å². The van der Waals surface area contributed by atoms with Crippen molar-refractivity contribution in [2.24, 2.45) is 4.99 Å². The Morgan fingerprint density at radius 1 is 1.38 bits per heavy atom. The predicted octanol–water partition coefficient (Wildman–Crippen LogP) is 2.21. The molecule has 0 unspecified atom stereocenters. The molecule has 68 valence electrons. The first kappa shape index (κ1) is 9.92. The van der Waals surface area contributed by atoms with Crippen molar-refractivity contribution in [2.75, 3.05) is 0 Å². The fourth-order valence-electron chi connectivity index (χ4n) is 0.789. The van der Waals surface area contributed by atoms with Gasteiger partial charge in [-0.25, -0.2) is 4.99 Å². The van der Waals surface area contributed by atoms with Crippen LogP contribution < -0.4 is 5.32 Å². The zero-order valence-corrected chi connectivity index (χ0v) is 8.71. The van der Waals surface area contributed by atoms with Gasteiger partial charge in [0.05, 0.1) is 5.69 Å². The van der Waals surface area contributed by atoms with Gasteiger partial charge >= 0.3 is 0 Å². The monoisotopic (exact) mass is 240 g/mol. The summed E-state index contributed by atoms with van der Waals surface area (Å²) in [4.78, 5) is 14.7. The van der Waals surface area contributed by atoms with Crippen LogP contribution in [0.1, 0.15) is 6.92 Å². The molecule has 0 aliphatic rings. The van der Waals surface area contributed by atoms with Crippen molar-refractivity contribution >= 4 is 32.3 Å². The molecule has 0 fully saturated rings. The predicted molar refractivity (Wildman–Crippen MR) is 56.3 cm³/mol. The second-order valence-electron chi connectivity index (χ2n) is 2.42. The van der Waals surface area contributed by atoms with Gasteiger partial charge in [-0.15, -0.1) is 0 Å². The summed E-state index contributed by atoms with van der Waals surface area (Å²) in [6, 6.07) is 9.37. The fourth-order valence-corrected chi connectivity index (χ4v) is 1.27. The van der Waals surface area contributed by atoms with E-state index in [2.05, 4.69) is 26.2 Å². The van der Waals surface area contributed by atoms with Crippen molar-refractivity contribution in [1.29, 1.82) is 0 Å². The van der Waals surface area contributed by atoms with Gasteiger partial charge in [0.15, 0.2) is 4.74 Å². The minimum Gasteiger partial charge on any atom is -0.305 e. The number of amides is 1.